The van der Waals surface area contributed by atoms with Gasteiger partial charge in [-0.3, -0.25) is 29.1 Å². The van der Waals surface area contributed by atoms with Crippen molar-refractivity contribution in [3.05, 3.63) is 190 Å². The number of ether oxygens (including phenoxy) is 2. The second kappa shape index (κ2) is 32.1. The number of rotatable bonds is 27. The van der Waals surface area contributed by atoms with Gasteiger partial charge in [-0.05, 0) is 148 Å². The number of para-hydroxylation sites is 1. The van der Waals surface area contributed by atoms with Crippen molar-refractivity contribution in [1.29, 1.82) is 0 Å². The molecule has 10 rings (SSSR count). The highest BCUT2D eigenvalue weighted by molar-refractivity contribution is 5.95. The molecule has 5 aromatic carbocycles. The van der Waals surface area contributed by atoms with E-state index in [1.54, 1.807) is 41.1 Å². The molecule has 1 spiro atoms. The molecule has 0 bridgehead atoms. The molecule has 0 saturated carbocycles. The van der Waals surface area contributed by atoms with Crippen molar-refractivity contribution in [2.45, 2.75) is 113 Å². The maximum absolute atomic E-state index is 14.2. The number of alkyl halides is 6. The van der Waals surface area contributed by atoms with E-state index in [2.05, 4.69) is 32.2 Å². The lowest BCUT2D eigenvalue weighted by Gasteiger charge is -2.44. The Balaban J connectivity index is 0.608. The van der Waals surface area contributed by atoms with E-state index in [4.69, 9.17) is 9.47 Å². The molecule has 1 aliphatic carbocycles. The summed E-state index contributed by atoms with van der Waals surface area (Å²) in [5.74, 6) is -1.95. The van der Waals surface area contributed by atoms with Gasteiger partial charge in [-0.2, -0.15) is 26.3 Å². The van der Waals surface area contributed by atoms with E-state index in [1.807, 2.05) is 79.8 Å². The number of fused-ring (bicyclic) bond motifs is 2. The van der Waals surface area contributed by atoms with Gasteiger partial charge in [-0.15, -0.1) is 0 Å². The molecule has 4 aliphatic rings. The quantitative estimate of drug-likeness (QED) is 0.0370. The number of aromatic nitrogens is 1. The SMILES string of the molecule is CN(CCN1CCC(N(C(=O)O)c2ccccc2-c2ccccc2)CC1)C(=O)CCCCCNCc1ccc(C(=O)N(C)CCCN(C)C(=O)CO[C@H]2Cc3ccccc3C23CCN(CC[C@@]2(c4ccc(F)cc4)CN(C(=O)c4cc(C(F)(F)F)cc(C(F)(F)F)c4)CO2)CC3)nc1. The molecule has 3 fully saturated rings. The zero-order valence-corrected chi connectivity index (χ0v) is 55.6. The van der Waals surface area contributed by atoms with Crippen LogP contribution in [0.2, 0.25) is 0 Å². The number of amides is 5. The van der Waals surface area contributed by atoms with Crippen LogP contribution in [0, 0.1) is 5.82 Å². The van der Waals surface area contributed by atoms with E-state index >= 15 is 0 Å². The Labute approximate surface area is 567 Å². The number of carbonyl (C=O) groups is 5. The van der Waals surface area contributed by atoms with Crippen LogP contribution in [0.4, 0.5) is 41.2 Å². The standard InChI is InChI=1S/C74H86F7N9O8/c1-84(34-14-35-86(3)69(94)63-27-22-52(48-83-63)47-82-33-13-5-8-21-66(91)85(2)41-42-87-36-28-60(29-37-87)90(70(95)96)64-20-12-10-18-61(64)53-15-6-4-7-16-53)67(92)49-97-65-45-54-17-9-11-19-62(54)71(65)30-38-88(39-31-71)40-32-72(56-23-25-59(75)26-24-56)50-89(51-98-72)68(93)55-43-57(73(76,77)78)46-58(44-55)74(79,80)81/h4,6-7,9-12,15-20,22-27,43-44,46,48,60,65,82H,5,8,13-14,21,28-42,45,47,49-51H2,1-3H3,(H,95,96)/t65-,72-/m0/s1. The first kappa shape index (κ1) is 72.5. The summed E-state index contributed by atoms with van der Waals surface area (Å²) in [6, 6.07) is 35.3. The lowest BCUT2D eigenvalue weighted by molar-refractivity contribution is -0.143. The molecule has 17 nitrogen and oxygen atoms in total. The molecule has 5 amide bonds. The molecule has 0 radical (unpaired) electrons. The number of likely N-dealkylation sites (N-methyl/N-ethyl adjacent to an activating group) is 2. The molecular weight excluding hydrogens is 1280 g/mol. The molecule has 6 aromatic rings. The Bertz CT molecular complexity index is 3670. The predicted molar refractivity (Wildman–Crippen MR) is 356 cm³/mol. The summed E-state index contributed by atoms with van der Waals surface area (Å²) in [5, 5.41) is 13.8. The van der Waals surface area contributed by atoms with Crippen LogP contribution in [-0.4, -0.2) is 188 Å². The molecule has 0 unspecified atom stereocenters. The summed E-state index contributed by atoms with van der Waals surface area (Å²) in [7, 11) is 5.25. The fourth-order valence-corrected chi connectivity index (χ4v) is 14.1. The second-order valence-corrected chi connectivity index (χ2v) is 26.3. The van der Waals surface area contributed by atoms with Crippen LogP contribution in [0.15, 0.2) is 140 Å². The summed E-state index contributed by atoms with van der Waals surface area (Å²) in [6.45, 7) is 5.73. The summed E-state index contributed by atoms with van der Waals surface area (Å²) < 4.78 is 110. The van der Waals surface area contributed by atoms with Crippen LogP contribution in [0.3, 0.4) is 0 Å². The zero-order chi connectivity index (χ0) is 69.8. The van der Waals surface area contributed by atoms with Crippen LogP contribution in [-0.2, 0) is 55.4 Å². The van der Waals surface area contributed by atoms with Crippen LogP contribution < -0.4 is 10.2 Å². The number of pyridine rings is 1. The summed E-state index contributed by atoms with van der Waals surface area (Å²) >= 11 is 0. The average molecular weight is 1360 g/mol. The van der Waals surface area contributed by atoms with Gasteiger partial charge in [0.2, 0.25) is 11.8 Å². The third-order valence-electron chi connectivity index (χ3n) is 19.9. The number of benzene rings is 5. The molecule has 524 valence electrons. The van der Waals surface area contributed by atoms with Crippen molar-refractivity contribution in [2.75, 3.05) is 111 Å². The molecule has 1 aromatic heterocycles. The van der Waals surface area contributed by atoms with Crippen LogP contribution in [0.1, 0.15) is 118 Å². The molecule has 3 saturated heterocycles. The Morgan fingerprint density at radius 3 is 2.04 bits per heavy atom. The predicted octanol–water partition coefficient (Wildman–Crippen LogP) is 12.0. The van der Waals surface area contributed by atoms with Crippen LogP contribution in [0.25, 0.3) is 11.1 Å². The first-order valence-corrected chi connectivity index (χ1v) is 33.6. The van der Waals surface area contributed by atoms with E-state index in [0.29, 0.717) is 120 Å². The van der Waals surface area contributed by atoms with Gasteiger partial charge >= 0.3 is 18.4 Å². The molecule has 2 N–H and O–H groups in total. The normalized spacial score (nSPS) is 18.2. The molecule has 4 heterocycles. The Kier molecular flexibility index (Phi) is 23.8. The zero-order valence-electron chi connectivity index (χ0n) is 55.6. The smallest absolute Gasteiger partial charge is 0.416 e. The molecule has 24 heteroatoms. The maximum Gasteiger partial charge on any atom is 0.416 e. The van der Waals surface area contributed by atoms with Crippen molar-refractivity contribution in [3.63, 3.8) is 0 Å². The number of nitrogens with one attached hydrogen (secondary N) is 1. The highest BCUT2D eigenvalue weighted by atomic mass is 19.4. The van der Waals surface area contributed by atoms with Gasteiger partial charge in [0.1, 0.15) is 30.4 Å². The minimum atomic E-state index is -5.15. The number of carbonyl (C=O) groups excluding carboxylic acids is 4. The van der Waals surface area contributed by atoms with Crippen molar-refractivity contribution in [2.24, 2.45) is 0 Å². The van der Waals surface area contributed by atoms with Crippen molar-refractivity contribution in [1.82, 2.24) is 39.7 Å². The minimum Gasteiger partial charge on any atom is -0.465 e. The Hall–Kier alpha value is -8.29. The fraction of sp³-hybridized carbons (Fsp3) is 0.459. The highest BCUT2D eigenvalue weighted by Crippen LogP contribution is 2.49. The number of anilines is 1. The van der Waals surface area contributed by atoms with Gasteiger partial charge in [0.25, 0.3) is 11.8 Å². The van der Waals surface area contributed by atoms with E-state index in [-0.39, 0.29) is 55.5 Å². The average Bonchev–Trinajstić information content (AvgIpc) is 1.58. The number of piperidine rings is 2. The van der Waals surface area contributed by atoms with Gasteiger partial charge in [-0.1, -0.05) is 97.4 Å². The molecule has 2 atom stereocenters. The number of unbranched alkanes of at least 4 members (excludes halogenated alkanes) is 2. The van der Waals surface area contributed by atoms with Gasteiger partial charge in [0.05, 0.1) is 29.5 Å². The van der Waals surface area contributed by atoms with E-state index in [0.717, 1.165) is 78.2 Å². The van der Waals surface area contributed by atoms with Gasteiger partial charge in [0.15, 0.2) is 0 Å². The molecular formula is C74H86F7N9O8. The first-order valence-electron chi connectivity index (χ1n) is 33.6. The van der Waals surface area contributed by atoms with E-state index in [1.165, 1.54) is 29.2 Å². The summed E-state index contributed by atoms with van der Waals surface area (Å²) in [5.41, 5.74) is 0.875. The highest BCUT2D eigenvalue weighted by Gasteiger charge is 2.50. The van der Waals surface area contributed by atoms with Crippen molar-refractivity contribution < 1.29 is 69.3 Å². The van der Waals surface area contributed by atoms with Crippen molar-refractivity contribution >= 4 is 35.4 Å². The van der Waals surface area contributed by atoms with Gasteiger partial charge < -0.3 is 49.3 Å². The van der Waals surface area contributed by atoms with Crippen LogP contribution >= 0.6 is 0 Å². The fourth-order valence-electron chi connectivity index (χ4n) is 14.1. The number of carboxylic acid groups (broad SMARTS) is 1. The number of nitrogens with zero attached hydrogens (tertiary/aromatic N) is 8. The Morgan fingerprint density at radius 2 is 1.36 bits per heavy atom. The Morgan fingerprint density at radius 1 is 0.704 bits per heavy atom. The van der Waals surface area contributed by atoms with Gasteiger partial charge in [0, 0.05) is 109 Å². The largest absolute Gasteiger partial charge is 0.465 e. The summed E-state index contributed by atoms with van der Waals surface area (Å²) in [6.07, 6.45) is -2.74. The lowest BCUT2D eigenvalue weighted by Crippen LogP contribution is -2.50. The number of halogens is 7. The number of hydrogen-bond donors (Lipinski definition) is 2. The topological polar surface area (TPSA) is 172 Å². The first-order chi connectivity index (χ1) is 46.9. The van der Waals surface area contributed by atoms with E-state index in [9.17, 15) is 59.8 Å². The second-order valence-electron chi connectivity index (χ2n) is 26.3. The third-order valence-corrected chi connectivity index (χ3v) is 19.9. The lowest BCUT2D eigenvalue weighted by atomic mass is 9.72. The molecule has 98 heavy (non-hydrogen) atoms. The summed E-state index contributed by atoms with van der Waals surface area (Å²) in [4.78, 5) is 83.0. The minimum absolute atomic E-state index is 0.0302. The number of likely N-dealkylation sites (tertiary alicyclic amines) is 2. The molecule has 3 aliphatic heterocycles. The van der Waals surface area contributed by atoms with Crippen LogP contribution in [0.5, 0.6) is 0 Å². The third kappa shape index (κ3) is 17.8. The maximum atomic E-state index is 14.2. The van der Waals surface area contributed by atoms with E-state index < -0.39 is 64.6 Å². The number of hydrogen-bond acceptors (Lipinski definition) is 11. The van der Waals surface area contributed by atoms with Crippen molar-refractivity contribution in [3.8, 4) is 11.1 Å². The monoisotopic (exact) mass is 1360 g/mol. The van der Waals surface area contributed by atoms with Gasteiger partial charge in [-0.25, -0.2) is 9.18 Å².